The molecule has 2 aliphatic rings. The van der Waals surface area contributed by atoms with Crippen molar-refractivity contribution in [1.29, 1.82) is 0 Å². The lowest BCUT2D eigenvalue weighted by atomic mass is 9.99. The Balaban J connectivity index is 1.68. The minimum atomic E-state index is -0.302. The second kappa shape index (κ2) is 6.48. The quantitative estimate of drug-likeness (QED) is 0.792. The Morgan fingerprint density at radius 3 is 2.15 bits per heavy atom. The van der Waals surface area contributed by atoms with Crippen LogP contribution >= 0.6 is 0 Å². The lowest BCUT2D eigenvalue weighted by molar-refractivity contribution is 0.0925. The highest BCUT2D eigenvalue weighted by molar-refractivity contribution is 6.34. The molecule has 2 aromatic carbocycles. The van der Waals surface area contributed by atoms with Gasteiger partial charge >= 0.3 is 0 Å². The average molecular weight is 350 g/mol. The standard InChI is InChI=1S/C21H22N2O3/c1-14-9-11-22(12-10-14)15-7-8-18(19(13-15)26-2)23-20(24)16-5-3-4-6-17(16)21(23)25/h3-8,13-14H,9-12H2,1-2H3. The molecule has 5 nitrogen and oxygen atoms in total. The summed E-state index contributed by atoms with van der Waals surface area (Å²) in [6.45, 7) is 4.30. The Kier molecular flexibility index (Phi) is 4.15. The lowest BCUT2D eigenvalue weighted by Gasteiger charge is -2.32. The van der Waals surface area contributed by atoms with Crippen LogP contribution in [0.2, 0.25) is 0 Å². The maximum Gasteiger partial charge on any atom is 0.266 e. The van der Waals surface area contributed by atoms with Crippen LogP contribution in [-0.2, 0) is 0 Å². The van der Waals surface area contributed by atoms with Gasteiger partial charge in [0.15, 0.2) is 0 Å². The highest BCUT2D eigenvalue weighted by Gasteiger charge is 2.37. The number of rotatable bonds is 3. The number of benzene rings is 2. The number of hydrogen-bond donors (Lipinski definition) is 0. The summed E-state index contributed by atoms with van der Waals surface area (Å²) in [5.41, 5.74) is 2.43. The topological polar surface area (TPSA) is 49.9 Å². The lowest BCUT2D eigenvalue weighted by Crippen LogP contribution is -2.33. The van der Waals surface area contributed by atoms with Crippen molar-refractivity contribution in [2.45, 2.75) is 19.8 Å². The fourth-order valence-electron chi connectivity index (χ4n) is 3.72. The van der Waals surface area contributed by atoms with E-state index in [1.165, 1.54) is 17.7 Å². The molecule has 134 valence electrons. The molecule has 2 amide bonds. The number of methoxy groups -OCH3 is 1. The first-order valence-electron chi connectivity index (χ1n) is 9.01. The third-order valence-corrected chi connectivity index (χ3v) is 5.35. The molecule has 0 unspecified atom stereocenters. The fraction of sp³-hybridized carbons (Fsp3) is 0.333. The molecule has 5 heteroatoms. The van der Waals surface area contributed by atoms with E-state index >= 15 is 0 Å². The van der Waals surface area contributed by atoms with Gasteiger partial charge in [-0.05, 0) is 43.0 Å². The molecule has 0 radical (unpaired) electrons. The Hall–Kier alpha value is -2.82. The van der Waals surface area contributed by atoms with E-state index in [-0.39, 0.29) is 11.8 Å². The van der Waals surface area contributed by atoms with Crippen molar-refractivity contribution in [3.8, 4) is 5.75 Å². The summed E-state index contributed by atoms with van der Waals surface area (Å²) >= 11 is 0. The Morgan fingerprint density at radius 1 is 0.962 bits per heavy atom. The minimum Gasteiger partial charge on any atom is -0.494 e. The van der Waals surface area contributed by atoms with E-state index in [2.05, 4.69) is 11.8 Å². The smallest absolute Gasteiger partial charge is 0.266 e. The van der Waals surface area contributed by atoms with E-state index in [4.69, 9.17) is 4.74 Å². The first kappa shape index (κ1) is 16.6. The minimum absolute atomic E-state index is 0.302. The van der Waals surface area contributed by atoms with Crippen LogP contribution < -0.4 is 14.5 Å². The molecule has 0 atom stereocenters. The number of fused-ring (bicyclic) bond motifs is 1. The van der Waals surface area contributed by atoms with E-state index < -0.39 is 0 Å². The normalized spacial score (nSPS) is 17.6. The summed E-state index contributed by atoms with van der Waals surface area (Å²) in [5.74, 6) is 0.688. The fourth-order valence-corrected chi connectivity index (χ4v) is 3.72. The molecule has 1 saturated heterocycles. The Morgan fingerprint density at radius 2 is 1.58 bits per heavy atom. The molecule has 26 heavy (non-hydrogen) atoms. The van der Waals surface area contributed by atoms with E-state index in [0.717, 1.165) is 24.7 Å². The molecular weight excluding hydrogens is 328 g/mol. The van der Waals surface area contributed by atoms with Gasteiger partial charge in [-0.3, -0.25) is 9.59 Å². The van der Waals surface area contributed by atoms with Crippen LogP contribution in [0.5, 0.6) is 5.75 Å². The van der Waals surface area contributed by atoms with Crippen molar-refractivity contribution in [3.63, 3.8) is 0 Å². The molecule has 1 fully saturated rings. The number of nitrogens with zero attached hydrogens (tertiary/aromatic N) is 2. The van der Waals surface area contributed by atoms with Crippen molar-refractivity contribution in [2.75, 3.05) is 30.0 Å². The van der Waals surface area contributed by atoms with Crippen LogP contribution in [-0.4, -0.2) is 32.0 Å². The summed E-state index contributed by atoms with van der Waals surface area (Å²) in [6, 6.07) is 12.6. The zero-order valence-electron chi connectivity index (χ0n) is 15.1. The van der Waals surface area contributed by atoms with Crippen molar-refractivity contribution >= 4 is 23.2 Å². The van der Waals surface area contributed by atoms with Gasteiger partial charge in [-0.1, -0.05) is 19.1 Å². The number of hydrogen-bond acceptors (Lipinski definition) is 4. The van der Waals surface area contributed by atoms with Gasteiger partial charge in [-0.15, -0.1) is 0 Å². The number of carbonyl (C=O) groups excluding carboxylic acids is 2. The van der Waals surface area contributed by atoms with E-state index in [1.54, 1.807) is 31.4 Å². The molecule has 4 rings (SSSR count). The van der Waals surface area contributed by atoms with Gasteiger partial charge in [0.25, 0.3) is 11.8 Å². The molecule has 0 aromatic heterocycles. The van der Waals surface area contributed by atoms with Gasteiger partial charge in [0, 0.05) is 24.8 Å². The monoisotopic (exact) mass is 350 g/mol. The van der Waals surface area contributed by atoms with E-state index in [0.29, 0.717) is 22.6 Å². The van der Waals surface area contributed by atoms with Crippen LogP contribution in [0.25, 0.3) is 0 Å². The van der Waals surface area contributed by atoms with Crippen LogP contribution in [0, 0.1) is 5.92 Å². The van der Waals surface area contributed by atoms with Gasteiger partial charge in [0.05, 0.1) is 23.9 Å². The molecule has 0 saturated carbocycles. The summed E-state index contributed by atoms with van der Waals surface area (Å²) in [7, 11) is 1.57. The van der Waals surface area contributed by atoms with Crippen LogP contribution in [0.15, 0.2) is 42.5 Å². The first-order valence-corrected chi connectivity index (χ1v) is 9.01. The summed E-state index contributed by atoms with van der Waals surface area (Å²) in [5, 5.41) is 0. The second-order valence-corrected chi connectivity index (χ2v) is 7.02. The number of carbonyl (C=O) groups is 2. The third kappa shape index (κ3) is 2.64. The molecule has 0 bridgehead atoms. The van der Waals surface area contributed by atoms with E-state index in [9.17, 15) is 9.59 Å². The highest BCUT2D eigenvalue weighted by atomic mass is 16.5. The summed E-state index contributed by atoms with van der Waals surface area (Å²) < 4.78 is 5.53. The average Bonchev–Trinajstić information content (AvgIpc) is 2.93. The van der Waals surface area contributed by atoms with Crippen molar-refractivity contribution in [1.82, 2.24) is 0 Å². The first-order chi connectivity index (χ1) is 12.6. The maximum absolute atomic E-state index is 12.7. The Labute approximate surface area is 153 Å². The zero-order valence-corrected chi connectivity index (χ0v) is 15.1. The largest absolute Gasteiger partial charge is 0.494 e. The molecule has 0 spiro atoms. The van der Waals surface area contributed by atoms with Gasteiger partial charge in [-0.2, -0.15) is 0 Å². The highest BCUT2D eigenvalue weighted by Crippen LogP contribution is 2.38. The molecule has 2 heterocycles. The molecule has 0 N–H and O–H groups in total. The summed E-state index contributed by atoms with van der Waals surface area (Å²) in [4.78, 5) is 29.0. The van der Waals surface area contributed by atoms with Gasteiger partial charge in [0.1, 0.15) is 5.75 Å². The van der Waals surface area contributed by atoms with Crippen LogP contribution in [0.3, 0.4) is 0 Å². The predicted molar refractivity (Wildman–Crippen MR) is 101 cm³/mol. The maximum atomic E-state index is 12.7. The zero-order chi connectivity index (χ0) is 18.3. The molecule has 2 aromatic rings. The number of anilines is 2. The van der Waals surface area contributed by atoms with Crippen molar-refractivity contribution in [2.24, 2.45) is 5.92 Å². The van der Waals surface area contributed by atoms with Crippen molar-refractivity contribution < 1.29 is 14.3 Å². The van der Waals surface area contributed by atoms with Gasteiger partial charge in [0.2, 0.25) is 0 Å². The number of imide groups is 1. The number of ether oxygens (including phenoxy) is 1. The molecular formula is C21H22N2O3. The molecule has 2 aliphatic heterocycles. The predicted octanol–water partition coefficient (Wildman–Crippen LogP) is 3.73. The Bertz CT molecular complexity index is 834. The van der Waals surface area contributed by atoms with Crippen LogP contribution in [0.4, 0.5) is 11.4 Å². The van der Waals surface area contributed by atoms with Gasteiger partial charge < -0.3 is 9.64 Å². The van der Waals surface area contributed by atoms with Gasteiger partial charge in [-0.25, -0.2) is 4.90 Å². The SMILES string of the molecule is COc1cc(N2CCC(C)CC2)ccc1N1C(=O)c2ccccc2C1=O. The summed E-state index contributed by atoms with van der Waals surface area (Å²) in [6.07, 6.45) is 2.34. The number of amides is 2. The van der Waals surface area contributed by atoms with Crippen molar-refractivity contribution in [3.05, 3.63) is 53.6 Å². The third-order valence-electron chi connectivity index (χ3n) is 5.35. The van der Waals surface area contributed by atoms with Crippen LogP contribution in [0.1, 0.15) is 40.5 Å². The second-order valence-electron chi connectivity index (χ2n) is 7.02. The molecule has 0 aliphatic carbocycles. The van der Waals surface area contributed by atoms with E-state index in [1.807, 2.05) is 18.2 Å². The number of piperidine rings is 1.